The van der Waals surface area contributed by atoms with Gasteiger partial charge in [-0.25, -0.2) is 10.9 Å². The van der Waals surface area contributed by atoms with Gasteiger partial charge in [0.25, 0.3) is 0 Å². The molecule has 5 nitrogen and oxygen atoms in total. The molecule has 2 saturated heterocycles. The van der Waals surface area contributed by atoms with E-state index in [9.17, 15) is 4.79 Å². The highest BCUT2D eigenvalue weighted by atomic mass is 16.2. The smallest absolute Gasteiger partial charge is 0.241 e. The predicted octanol–water partition coefficient (Wildman–Crippen LogP) is -0.750. The summed E-state index contributed by atoms with van der Waals surface area (Å²) >= 11 is 0. The van der Waals surface area contributed by atoms with Gasteiger partial charge in [0.05, 0.1) is 18.8 Å². The van der Waals surface area contributed by atoms with Crippen LogP contribution in [0.3, 0.4) is 0 Å². The van der Waals surface area contributed by atoms with Crippen LogP contribution in [0.15, 0.2) is 30.3 Å². The van der Waals surface area contributed by atoms with Gasteiger partial charge in [-0.05, 0) is 5.56 Å². The summed E-state index contributed by atoms with van der Waals surface area (Å²) in [4.78, 5) is 11.6. The van der Waals surface area contributed by atoms with Crippen LogP contribution in [-0.4, -0.2) is 24.7 Å². The number of hydrogen-bond donors (Lipinski definition) is 4. The lowest BCUT2D eigenvalue weighted by Gasteiger charge is -2.28. The van der Waals surface area contributed by atoms with Gasteiger partial charge in [0.15, 0.2) is 0 Å². The summed E-state index contributed by atoms with van der Waals surface area (Å²) in [6.07, 6.45) is 0. The van der Waals surface area contributed by atoms with E-state index in [1.165, 1.54) is 5.56 Å². The average Bonchev–Trinajstić information content (AvgIpc) is 2.75. The van der Waals surface area contributed by atoms with Crippen molar-refractivity contribution in [2.45, 2.75) is 18.1 Å². The zero-order valence-electron chi connectivity index (χ0n) is 8.73. The molecule has 2 fully saturated rings. The van der Waals surface area contributed by atoms with Gasteiger partial charge in [0.2, 0.25) is 5.91 Å². The molecule has 3 unspecified atom stereocenters. The minimum atomic E-state index is -0.195. The first kappa shape index (κ1) is 9.77. The third kappa shape index (κ3) is 1.49. The molecule has 0 bridgehead atoms. The van der Waals surface area contributed by atoms with Crippen LogP contribution in [0.1, 0.15) is 11.6 Å². The molecule has 0 spiro atoms. The molecule has 1 aromatic rings. The van der Waals surface area contributed by atoms with E-state index >= 15 is 0 Å². The van der Waals surface area contributed by atoms with Gasteiger partial charge in [0, 0.05) is 0 Å². The molecule has 1 aromatic carbocycles. The highest BCUT2D eigenvalue weighted by Crippen LogP contribution is 2.23. The second-order valence-electron chi connectivity index (χ2n) is 4.10. The number of nitrogens with one attached hydrogen (secondary N) is 4. The Morgan fingerprint density at radius 1 is 1.06 bits per heavy atom. The normalized spacial score (nSPS) is 33.2. The summed E-state index contributed by atoms with van der Waals surface area (Å²) in [5.74, 6) is 0.0506. The molecule has 3 atom stereocenters. The fraction of sp³-hybridized carbons (Fsp3) is 0.364. The number of rotatable bonds is 1. The molecule has 4 N–H and O–H groups in total. The lowest BCUT2D eigenvalue weighted by molar-refractivity contribution is -0.124. The highest BCUT2D eigenvalue weighted by molar-refractivity contribution is 5.83. The monoisotopic (exact) mass is 218 g/mol. The minimum absolute atomic E-state index is 0.0506. The van der Waals surface area contributed by atoms with Crippen LogP contribution in [0.4, 0.5) is 0 Å². The molecule has 2 aliphatic heterocycles. The van der Waals surface area contributed by atoms with Crippen LogP contribution in [0, 0.1) is 0 Å². The SMILES string of the molecule is O=C1NCNC2C1NNC2c1ccccc1. The van der Waals surface area contributed by atoms with Gasteiger partial charge < -0.3 is 5.32 Å². The predicted molar refractivity (Wildman–Crippen MR) is 59.2 cm³/mol. The van der Waals surface area contributed by atoms with E-state index in [0.717, 1.165) is 0 Å². The van der Waals surface area contributed by atoms with Crippen LogP contribution in [0.2, 0.25) is 0 Å². The van der Waals surface area contributed by atoms with Crippen LogP contribution < -0.4 is 21.5 Å². The standard InChI is InChI=1S/C11H14N4O/c16-11-10-9(12-6-13-11)8(14-15-10)7-4-2-1-3-5-7/h1-5,8-10,12,14-15H,6H2,(H,13,16). The van der Waals surface area contributed by atoms with Crippen molar-refractivity contribution in [3.63, 3.8) is 0 Å². The van der Waals surface area contributed by atoms with Gasteiger partial charge in [-0.15, -0.1) is 0 Å². The van der Waals surface area contributed by atoms with Crippen LogP contribution in [0.25, 0.3) is 0 Å². The van der Waals surface area contributed by atoms with E-state index < -0.39 is 0 Å². The fourth-order valence-corrected chi connectivity index (χ4v) is 2.33. The second kappa shape index (κ2) is 3.86. The summed E-state index contributed by atoms with van der Waals surface area (Å²) in [6.45, 7) is 0.534. The minimum Gasteiger partial charge on any atom is -0.342 e. The molecule has 16 heavy (non-hydrogen) atoms. The van der Waals surface area contributed by atoms with Crippen molar-refractivity contribution in [2.75, 3.05) is 6.67 Å². The summed E-state index contributed by atoms with van der Waals surface area (Å²) in [5.41, 5.74) is 7.39. The maximum atomic E-state index is 11.6. The van der Waals surface area contributed by atoms with E-state index in [0.29, 0.717) is 6.67 Å². The van der Waals surface area contributed by atoms with Crippen molar-refractivity contribution >= 4 is 5.91 Å². The molecule has 0 aliphatic carbocycles. The summed E-state index contributed by atoms with van der Waals surface area (Å²) in [6, 6.07) is 10.2. The van der Waals surface area contributed by atoms with E-state index in [4.69, 9.17) is 0 Å². The molecule has 1 amide bonds. The van der Waals surface area contributed by atoms with E-state index in [2.05, 4.69) is 33.6 Å². The van der Waals surface area contributed by atoms with Gasteiger partial charge >= 0.3 is 0 Å². The Labute approximate surface area is 93.6 Å². The van der Waals surface area contributed by atoms with Gasteiger partial charge in [-0.2, -0.15) is 0 Å². The maximum absolute atomic E-state index is 11.6. The number of carbonyl (C=O) groups is 1. The number of carbonyl (C=O) groups excluding carboxylic acids is 1. The first-order valence-electron chi connectivity index (χ1n) is 5.43. The molecule has 84 valence electrons. The Kier molecular flexibility index (Phi) is 2.36. The first-order chi connectivity index (χ1) is 7.86. The van der Waals surface area contributed by atoms with Gasteiger partial charge in [-0.1, -0.05) is 30.3 Å². The average molecular weight is 218 g/mol. The van der Waals surface area contributed by atoms with Crippen molar-refractivity contribution < 1.29 is 4.79 Å². The van der Waals surface area contributed by atoms with Gasteiger partial charge in [-0.3, -0.25) is 10.1 Å². The van der Waals surface area contributed by atoms with Crippen molar-refractivity contribution in [1.82, 2.24) is 21.5 Å². The molecule has 2 heterocycles. The van der Waals surface area contributed by atoms with E-state index in [-0.39, 0.29) is 24.0 Å². The number of benzene rings is 1. The lowest BCUT2D eigenvalue weighted by atomic mass is 9.95. The van der Waals surface area contributed by atoms with E-state index in [1.807, 2.05) is 18.2 Å². The third-order valence-electron chi connectivity index (χ3n) is 3.15. The molecule has 3 rings (SSSR count). The molecular formula is C11H14N4O. The van der Waals surface area contributed by atoms with Crippen molar-refractivity contribution in [3.8, 4) is 0 Å². The zero-order valence-corrected chi connectivity index (χ0v) is 8.73. The quantitative estimate of drug-likeness (QED) is 0.501. The second-order valence-corrected chi connectivity index (χ2v) is 4.10. The first-order valence-corrected chi connectivity index (χ1v) is 5.43. The van der Waals surface area contributed by atoms with Crippen molar-refractivity contribution in [1.29, 1.82) is 0 Å². The van der Waals surface area contributed by atoms with Crippen LogP contribution in [0.5, 0.6) is 0 Å². The Balaban J connectivity index is 1.86. The zero-order chi connectivity index (χ0) is 11.0. The third-order valence-corrected chi connectivity index (χ3v) is 3.15. The largest absolute Gasteiger partial charge is 0.342 e. The Morgan fingerprint density at radius 2 is 1.81 bits per heavy atom. The Bertz CT molecular complexity index is 394. The topological polar surface area (TPSA) is 65.2 Å². The van der Waals surface area contributed by atoms with Crippen LogP contribution >= 0.6 is 0 Å². The highest BCUT2D eigenvalue weighted by Gasteiger charge is 2.42. The fourth-order valence-electron chi connectivity index (χ4n) is 2.33. The van der Waals surface area contributed by atoms with Crippen molar-refractivity contribution in [2.24, 2.45) is 0 Å². The van der Waals surface area contributed by atoms with E-state index in [1.54, 1.807) is 0 Å². The molecular weight excluding hydrogens is 204 g/mol. The number of fused-ring (bicyclic) bond motifs is 1. The number of amides is 1. The summed E-state index contributed by atoms with van der Waals surface area (Å²) in [5, 5.41) is 6.08. The van der Waals surface area contributed by atoms with Gasteiger partial charge in [0.1, 0.15) is 6.04 Å². The lowest BCUT2D eigenvalue weighted by Crippen LogP contribution is -2.60. The molecule has 0 aromatic heterocycles. The molecule has 5 heteroatoms. The molecule has 0 saturated carbocycles. The molecule has 2 aliphatic rings. The van der Waals surface area contributed by atoms with Crippen molar-refractivity contribution in [3.05, 3.63) is 35.9 Å². The number of hydrazine groups is 1. The Morgan fingerprint density at radius 3 is 2.62 bits per heavy atom. The summed E-state index contributed by atoms with van der Waals surface area (Å²) < 4.78 is 0. The van der Waals surface area contributed by atoms with Crippen LogP contribution in [-0.2, 0) is 4.79 Å². The summed E-state index contributed by atoms with van der Waals surface area (Å²) in [7, 11) is 0. The molecule has 0 radical (unpaired) electrons. The Hall–Kier alpha value is -1.43. The number of hydrogen-bond acceptors (Lipinski definition) is 4. The maximum Gasteiger partial charge on any atom is 0.241 e.